The van der Waals surface area contributed by atoms with Crippen LogP contribution >= 0.6 is 0 Å². The first-order valence-corrected chi connectivity index (χ1v) is 10.9. The van der Waals surface area contributed by atoms with Crippen molar-refractivity contribution in [1.82, 2.24) is 4.90 Å². The lowest BCUT2D eigenvalue weighted by atomic mass is 9.81. The van der Waals surface area contributed by atoms with Gasteiger partial charge in [0.15, 0.2) is 0 Å². The molecule has 0 bridgehead atoms. The van der Waals surface area contributed by atoms with E-state index in [9.17, 15) is 4.79 Å². The van der Waals surface area contributed by atoms with Gasteiger partial charge in [-0.2, -0.15) is 0 Å². The summed E-state index contributed by atoms with van der Waals surface area (Å²) in [7, 11) is 0.931. The molecule has 0 saturated carbocycles. The van der Waals surface area contributed by atoms with E-state index >= 15 is 0 Å². The van der Waals surface area contributed by atoms with Gasteiger partial charge in [-0.05, 0) is 63.5 Å². The van der Waals surface area contributed by atoms with Crippen LogP contribution in [0.4, 0.5) is 4.79 Å². The number of amides is 1. The van der Waals surface area contributed by atoms with E-state index in [4.69, 9.17) is 18.8 Å². The molecule has 1 atom stereocenters. The Kier molecular flexibility index (Phi) is 6.06. The molecule has 2 saturated heterocycles. The predicted octanol–water partition coefficient (Wildman–Crippen LogP) is 4.73. The molecule has 2 fully saturated rings. The Hall–Kier alpha value is -2.77. The Morgan fingerprint density at radius 3 is 2.28 bits per heavy atom. The molecule has 4 rings (SSSR count). The zero-order valence-corrected chi connectivity index (χ0v) is 19.3. The summed E-state index contributed by atoms with van der Waals surface area (Å²) in [4.78, 5) is 14.6. The molecular formula is C25H30BNO5. The van der Waals surface area contributed by atoms with Gasteiger partial charge in [0.25, 0.3) is 0 Å². The molecule has 7 heteroatoms. The standard InChI is InChI=1S/C25H30BNO5/c1-24(2)25(3,4)32-26(31-24)22(16-19-11-13-21(29-5)14-12-19)27-20(17-30-23(27)28)15-18-9-7-6-8-10-18/h6-14,16,20H,15,17H2,1-5H3/b22-16-/t20-/m0/s1. The second-order valence-corrected chi connectivity index (χ2v) is 9.22. The maximum absolute atomic E-state index is 12.9. The fraction of sp³-hybridized carbons (Fsp3) is 0.400. The molecule has 0 radical (unpaired) electrons. The molecule has 32 heavy (non-hydrogen) atoms. The van der Waals surface area contributed by atoms with Crippen LogP contribution in [-0.4, -0.2) is 49.1 Å². The first kappa shape index (κ1) is 22.4. The van der Waals surface area contributed by atoms with E-state index < -0.39 is 18.3 Å². The van der Waals surface area contributed by atoms with Gasteiger partial charge in [0, 0.05) is 0 Å². The van der Waals surface area contributed by atoms with Crippen molar-refractivity contribution in [1.29, 1.82) is 0 Å². The summed E-state index contributed by atoms with van der Waals surface area (Å²) in [6.45, 7) is 8.32. The predicted molar refractivity (Wildman–Crippen MR) is 124 cm³/mol. The number of carbonyl (C=O) groups excluding carboxylic acids is 1. The van der Waals surface area contributed by atoms with Gasteiger partial charge in [0.1, 0.15) is 12.4 Å². The zero-order chi connectivity index (χ0) is 22.9. The molecular weight excluding hydrogens is 405 g/mol. The molecule has 1 amide bonds. The number of hydrogen-bond donors (Lipinski definition) is 0. The second kappa shape index (κ2) is 8.64. The lowest BCUT2D eigenvalue weighted by Crippen LogP contribution is -2.41. The molecule has 0 aliphatic carbocycles. The van der Waals surface area contributed by atoms with Gasteiger partial charge in [-0.25, -0.2) is 4.79 Å². The van der Waals surface area contributed by atoms with E-state index in [0.717, 1.165) is 16.9 Å². The van der Waals surface area contributed by atoms with Gasteiger partial charge in [-0.3, -0.25) is 4.90 Å². The molecule has 2 aliphatic rings. The second-order valence-electron chi connectivity index (χ2n) is 9.22. The average Bonchev–Trinajstić information content (AvgIpc) is 3.22. The van der Waals surface area contributed by atoms with Crippen LogP contribution in [0, 0.1) is 0 Å². The molecule has 2 aromatic carbocycles. The van der Waals surface area contributed by atoms with Crippen molar-refractivity contribution >= 4 is 19.3 Å². The largest absolute Gasteiger partial charge is 0.512 e. The third kappa shape index (κ3) is 4.40. The van der Waals surface area contributed by atoms with Gasteiger partial charge in [0.05, 0.1) is 30.0 Å². The highest BCUT2D eigenvalue weighted by atomic mass is 16.7. The van der Waals surface area contributed by atoms with Gasteiger partial charge in [0.2, 0.25) is 0 Å². The van der Waals surface area contributed by atoms with Gasteiger partial charge in [-0.15, -0.1) is 0 Å². The number of hydrogen-bond acceptors (Lipinski definition) is 5. The summed E-state index contributed by atoms with van der Waals surface area (Å²) in [5.41, 5.74) is 1.62. The lowest BCUT2D eigenvalue weighted by Gasteiger charge is -2.32. The lowest BCUT2D eigenvalue weighted by molar-refractivity contribution is 0.00578. The minimum Gasteiger partial charge on any atom is -0.497 e. The number of carbonyl (C=O) groups is 1. The van der Waals surface area contributed by atoms with Crippen LogP contribution in [0.5, 0.6) is 5.75 Å². The third-order valence-electron chi connectivity index (χ3n) is 6.48. The Labute approximate surface area is 190 Å². The summed E-state index contributed by atoms with van der Waals surface area (Å²) in [5, 5.41) is 0. The number of benzene rings is 2. The average molecular weight is 435 g/mol. The van der Waals surface area contributed by atoms with E-state index in [2.05, 4.69) is 12.1 Å². The zero-order valence-electron chi connectivity index (χ0n) is 19.3. The molecule has 0 spiro atoms. The summed E-state index contributed by atoms with van der Waals surface area (Å²) in [6.07, 6.45) is 2.22. The summed E-state index contributed by atoms with van der Waals surface area (Å²) >= 11 is 0. The van der Waals surface area contributed by atoms with Crippen molar-refractivity contribution in [2.75, 3.05) is 13.7 Å². The maximum Gasteiger partial charge on any atom is 0.512 e. The molecule has 0 aromatic heterocycles. The Bertz CT molecular complexity index is 971. The molecule has 2 aromatic rings. The molecule has 2 heterocycles. The van der Waals surface area contributed by atoms with Crippen LogP contribution in [0.25, 0.3) is 6.08 Å². The topological polar surface area (TPSA) is 57.2 Å². The van der Waals surface area contributed by atoms with E-state index in [1.54, 1.807) is 12.0 Å². The van der Waals surface area contributed by atoms with Crippen molar-refractivity contribution in [3.05, 3.63) is 71.3 Å². The van der Waals surface area contributed by atoms with Crippen molar-refractivity contribution in [3.63, 3.8) is 0 Å². The number of nitrogens with zero attached hydrogens (tertiary/aromatic N) is 1. The van der Waals surface area contributed by atoms with E-state index in [1.807, 2.05) is 76.2 Å². The van der Waals surface area contributed by atoms with Crippen LogP contribution < -0.4 is 4.74 Å². The Balaban J connectivity index is 1.72. The fourth-order valence-corrected chi connectivity index (χ4v) is 3.90. The minimum absolute atomic E-state index is 0.159. The maximum atomic E-state index is 12.9. The van der Waals surface area contributed by atoms with E-state index in [0.29, 0.717) is 18.6 Å². The first-order valence-electron chi connectivity index (χ1n) is 10.9. The van der Waals surface area contributed by atoms with E-state index in [1.165, 1.54) is 0 Å². The van der Waals surface area contributed by atoms with Crippen LogP contribution in [0.15, 0.2) is 60.2 Å². The van der Waals surface area contributed by atoms with Crippen molar-refractivity contribution in [2.24, 2.45) is 0 Å². The summed E-state index contributed by atoms with van der Waals surface area (Å²) < 4.78 is 23.4. The smallest absolute Gasteiger partial charge is 0.497 e. The van der Waals surface area contributed by atoms with Gasteiger partial charge in [-0.1, -0.05) is 42.5 Å². The fourth-order valence-electron chi connectivity index (χ4n) is 3.90. The minimum atomic E-state index is -0.703. The summed E-state index contributed by atoms with van der Waals surface area (Å²) in [6, 6.07) is 17.6. The van der Waals surface area contributed by atoms with Crippen molar-refractivity contribution in [2.45, 2.75) is 51.4 Å². The monoisotopic (exact) mass is 435 g/mol. The highest BCUT2D eigenvalue weighted by molar-refractivity contribution is 6.56. The third-order valence-corrected chi connectivity index (χ3v) is 6.48. The van der Waals surface area contributed by atoms with Crippen LogP contribution in [0.2, 0.25) is 0 Å². The Morgan fingerprint density at radius 2 is 1.69 bits per heavy atom. The molecule has 168 valence electrons. The number of cyclic esters (lactones) is 1. The highest BCUT2D eigenvalue weighted by Crippen LogP contribution is 2.40. The van der Waals surface area contributed by atoms with Crippen LogP contribution in [-0.2, 0) is 20.5 Å². The molecule has 2 aliphatic heterocycles. The molecule has 0 unspecified atom stereocenters. The van der Waals surface area contributed by atoms with Crippen LogP contribution in [0.1, 0.15) is 38.8 Å². The van der Waals surface area contributed by atoms with Gasteiger partial charge >= 0.3 is 13.2 Å². The van der Waals surface area contributed by atoms with Crippen LogP contribution in [0.3, 0.4) is 0 Å². The van der Waals surface area contributed by atoms with E-state index in [-0.39, 0.29) is 12.1 Å². The number of ether oxygens (including phenoxy) is 2. The normalized spacial score (nSPS) is 22.2. The quantitative estimate of drug-likeness (QED) is 0.614. The number of methoxy groups -OCH3 is 1. The van der Waals surface area contributed by atoms with Crippen molar-refractivity contribution < 1.29 is 23.6 Å². The van der Waals surface area contributed by atoms with Crippen molar-refractivity contribution in [3.8, 4) is 5.75 Å². The van der Waals surface area contributed by atoms with Gasteiger partial charge < -0.3 is 18.8 Å². The first-order chi connectivity index (χ1) is 15.2. The highest BCUT2D eigenvalue weighted by Gasteiger charge is 2.55. The Morgan fingerprint density at radius 1 is 1.06 bits per heavy atom. The SMILES string of the molecule is COc1ccc(/C=C(/B2OC(C)(C)C(C)(C)O2)N2C(=O)OC[C@@H]2Cc2ccccc2)cc1. The molecule has 0 N–H and O–H groups in total. The molecule has 6 nitrogen and oxygen atoms in total. The number of rotatable bonds is 6. The summed E-state index contributed by atoms with van der Waals surface area (Å²) in [5.74, 6) is 0.766.